The molecule has 0 aromatic heterocycles. The van der Waals surface area contributed by atoms with Crippen LogP contribution in [-0.2, 0) is 4.79 Å². The third kappa shape index (κ3) is 3.33. The van der Waals surface area contributed by atoms with Gasteiger partial charge < -0.3 is 14.9 Å². The number of carboxylic acids is 1. The van der Waals surface area contributed by atoms with Gasteiger partial charge in [-0.25, -0.2) is 4.79 Å². The van der Waals surface area contributed by atoms with Crippen molar-refractivity contribution in [1.82, 2.24) is 0 Å². The Morgan fingerprint density at radius 3 is 2.00 bits per heavy atom. The first-order valence-corrected chi connectivity index (χ1v) is 5.86. The molecule has 98 valence electrons. The quantitative estimate of drug-likeness (QED) is 0.863. The van der Waals surface area contributed by atoms with Gasteiger partial charge in [-0.15, -0.1) is 0 Å². The third-order valence-electron chi connectivity index (χ3n) is 2.68. The van der Waals surface area contributed by atoms with Gasteiger partial charge >= 0.3 is 5.97 Å². The van der Waals surface area contributed by atoms with E-state index in [1.807, 2.05) is 0 Å². The van der Waals surface area contributed by atoms with Crippen molar-refractivity contribution >= 4 is 5.97 Å². The van der Waals surface area contributed by atoms with E-state index in [4.69, 9.17) is 4.74 Å². The molecule has 0 saturated carbocycles. The number of benzene rings is 2. The number of carbonyl (C=O) groups is 1. The van der Waals surface area contributed by atoms with Crippen LogP contribution in [0.3, 0.4) is 0 Å². The highest BCUT2D eigenvalue weighted by Gasteiger charge is 2.29. The number of aliphatic carboxylic acids is 1. The van der Waals surface area contributed by atoms with Crippen molar-refractivity contribution in [2.75, 3.05) is 0 Å². The number of aliphatic hydroxyl groups is 1. The summed E-state index contributed by atoms with van der Waals surface area (Å²) in [6.45, 7) is 0. The Kier molecular flexibility index (Phi) is 4.15. The van der Waals surface area contributed by atoms with E-state index in [-0.39, 0.29) is 0 Å². The molecule has 2 aromatic carbocycles. The SMILES string of the molecule is O=C(O)[C@H](Oc1ccccc1)[C@@H](O)c1ccccc1. The van der Waals surface area contributed by atoms with E-state index in [1.165, 1.54) is 0 Å². The summed E-state index contributed by atoms with van der Waals surface area (Å²) in [5.41, 5.74) is 0.505. The van der Waals surface area contributed by atoms with Gasteiger partial charge in [-0.1, -0.05) is 48.5 Å². The lowest BCUT2D eigenvalue weighted by Gasteiger charge is -2.20. The van der Waals surface area contributed by atoms with Crippen LogP contribution in [0.4, 0.5) is 0 Å². The Balaban J connectivity index is 2.19. The van der Waals surface area contributed by atoms with Crippen LogP contribution in [0.1, 0.15) is 11.7 Å². The van der Waals surface area contributed by atoms with Gasteiger partial charge in [-0.3, -0.25) is 0 Å². The zero-order valence-electron chi connectivity index (χ0n) is 10.1. The van der Waals surface area contributed by atoms with Gasteiger partial charge in [0.05, 0.1) is 0 Å². The summed E-state index contributed by atoms with van der Waals surface area (Å²) in [6, 6.07) is 17.2. The number of carboxylic acid groups (broad SMARTS) is 1. The molecule has 0 aliphatic rings. The Morgan fingerprint density at radius 1 is 0.947 bits per heavy atom. The van der Waals surface area contributed by atoms with Gasteiger partial charge in [0.25, 0.3) is 0 Å². The van der Waals surface area contributed by atoms with Crippen molar-refractivity contribution in [3.05, 3.63) is 66.2 Å². The molecule has 0 unspecified atom stereocenters. The summed E-state index contributed by atoms with van der Waals surface area (Å²) in [6.07, 6.45) is -2.57. The lowest BCUT2D eigenvalue weighted by atomic mass is 10.0. The summed E-state index contributed by atoms with van der Waals surface area (Å²) >= 11 is 0. The van der Waals surface area contributed by atoms with Crippen molar-refractivity contribution in [3.8, 4) is 5.75 Å². The largest absolute Gasteiger partial charge is 0.478 e. The molecule has 2 N–H and O–H groups in total. The van der Waals surface area contributed by atoms with Crippen molar-refractivity contribution < 1.29 is 19.7 Å². The zero-order chi connectivity index (χ0) is 13.7. The molecule has 0 heterocycles. The predicted molar refractivity (Wildman–Crippen MR) is 69.9 cm³/mol. The number of hydrogen-bond acceptors (Lipinski definition) is 3. The van der Waals surface area contributed by atoms with E-state index in [0.29, 0.717) is 11.3 Å². The second kappa shape index (κ2) is 6.02. The van der Waals surface area contributed by atoms with Gasteiger partial charge in [-0.05, 0) is 17.7 Å². The predicted octanol–water partition coefficient (Wildman–Crippen LogP) is 2.25. The molecule has 0 fully saturated rings. The van der Waals surface area contributed by atoms with E-state index in [1.54, 1.807) is 60.7 Å². The van der Waals surface area contributed by atoms with E-state index in [0.717, 1.165) is 0 Å². The molecule has 0 bridgehead atoms. The monoisotopic (exact) mass is 258 g/mol. The van der Waals surface area contributed by atoms with Crippen LogP contribution in [-0.4, -0.2) is 22.3 Å². The topological polar surface area (TPSA) is 66.8 Å². The fourth-order valence-electron chi connectivity index (χ4n) is 1.72. The lowest BCUT2D eigenvalue weighted by Crippen LogP contribution is -2.33. The molecule has 4 nitrogen and oxygen atoms in total. The van der Waals surface area contributed by atoms with Gasteiger partial charge in [0.15, 0.2) is 0 Å². The van der Waals surface area contributed by atoms with Crippen molar-refractivity contribution in [3.63, 3.8) is 0 Å². The molecular formula is C15H14O4. The number of rotatable bonds is 5. The van der Waals surface area contributed by atoms with Crippen LogP contribution >= 0.6 is 0 Å². The first-order valence-electron chi connectivity index (χ1n) is 5.86. The van der Waals surface area contributed by atoms with E-state index in [2.05, 4.69) is 0 Å². The van der Waals surface area contributed by atoms with Crippen LogP contribution < -0.4 is 4.74 Å². The van der Waals surface area contributed by atoms with Gasteiger partial charge in [0, 0.05) is 0 Å². The van der Waals surface area contributed by atoms with Gasteiger partial charge in [0.2, 0.25) is 6.10 Å². The van der Waals surface area contributed by atoms with E-state index < -0.39 is 18.2 Å². The summed E-state index contributed by atoms with van der Waals surface area (Å²) < 4.78 is 5.34. The zero-order valence-corrected chi connectivity index (χ0v) is 10.1. The lowest BCUT2D eigenvalue weighted by molar-refractivity contribution is -0.150. The van der Waals surface area contributed by atoms with Gasteiger partial charge in [-0.2, -0.15) is 0 Å². The number of ether oxygens (including phenoxy) is 1. The Labute approximate surface area is 110 Å². The van der Waals surface area contributed by atoms with Crippen LogP contribution in [0.25, 0.3) is 0 Å². The molecule has 0 radical (unpaired) electrons. The molecule has 0 aliphatic carbocycles. The molecule has 2 rings (SSSR count). The van der Waals surface area contributed by atoms with Crippen molar-refractivity contribution in [1.29, 1.82) is 0 Å². The Hall–Kier alpha value is -2.33. The van der Waals surface area contributed by atoms with Crippen molar-refractivity contribution in [2.24, 2.45) is 0 Å². The maximum atomic E-state index is 11.2. The molecule has 4 heteroatoms. The van der Waals surface area contributed by atoms with Crippen LogP contribution in [0.15, 0.2) is 60.7 Å². The van der Waals surface area contributed by atoms with Crippen LogP contribution in [0, 0.1) is 0 Å². The smallest absolute Gasteiger partial charge is 0.348 e. The average Bonchev–Trinajstić information content (AvgIpc) is 2.46. The highest BCUT2D eigenvalue weighted by atomic mass is 16.5. The highest BCUT2D eigenvalue weighted by Crippen LogP contribution is 2.22. The van der Waals surface area contributed by atoms with Crippen molar-refractivity contribution in [2.45, 2.75) is 12.2 Å². The number of hydrogen-bond donors (Lipinski definition) is 2. The molecule has 0 spiro atoms. The summed E-state index contributed by atoms with van der Waals surface area (Å²) in [5.74, 6) is -0.801. The standard InChI is InChI=1S/C15H14O4/c16-13(11-7-3-1-4-8-11)14(15(17)18)19-12-9-5-2-6-10-12/h1-10,13-14,16H,(H,17,18)/t13-,14+/m0/s1. The normalized spacial score (nSPS) is 13.5. The number of para-hydroxylation sites is 1. The van der Waals surface area contributed by atoms with E-state index >= 15 is 0 Å². The average molecular weight is 258 g/mol. The Bertz CT molecular complexity index is 524. The first kappa shape index (κ1) is 13.1. The first-order chi connectivity index (χ1) is 9.18. The third-order valence-corrected chi connectivity index (χ3v) is 2.68. The highest BCUT2D eigenvalue weighted by molar-refractivity contribution is 5.74. The van der Waals surface area contributed by atoms with Crippen LogP contribution in [0.2, 0.25) is 0 Å². The summed E-state index contributed by atoms with van der Waals surface area (Å²) in [7, 11) is 0. The minimum absolute atomic E-state index is 0.407. The van der Waals surface area contributed by atoms with Crippen LogP contribution in [0.5, 0.6) is 5.75 Å². The fourth-order valence-corrected chi connectivity index (χ4v) is 1.72. The summed E-state index contributed by atoms with van der Waals surface area (Å²) in [5, 5.41) is 19.3. The minimum Gasteiger partial charge on any atom is -0.478 e. The second-order valence-corrected chi connectivity index (χ2v) is 4.05. The molecule has 0 saturated heterocycles. The molecule has 0 aliphatic heterocycles. The fraction of sp³-hybridized carbons (Fsp3) is 0.133. The maximum Gasteiger partial charge on any atom is 0.348 e. The maximum absolute atomic E-state index is 11.2. The molecule has 0 amide bonds. The molecular weight excluding hydrogens is 244 g/mol. The molecule has 2 atom stereocenters. The van der Waals surface area contributed by atoms with Gasteiger partial charge in [0.1, 0.15) is 11.9 Å². The molecule has 2 aromatic rings. The second-order valence-electron chi connectivity index (χ2n) is 4.05. The Morgan fingerprint density at radius 2 is 1.47 bits per heavy atom. The summed E-state index contributed by atoms with van der Waals surface area (Å²) in [4.78, 5) is 11.2. The number of aliphatic hydroxyl groups excluding tert-OH is 1. The minimum atomic E-state index is -1.34. The van der Waals surface area contributed by atoms with E-state index in [9.17, 15) is 15.0 Å². The molecule has 19 heavy (non-hydrogen) atoms.